The summed E-state index contributed by atoms with van der Waals surface area (Å²) in [6.45, 7) is 10.2. The maximum atomic E-state index is 13.9. The summed E-state index contributed by atoms with van der Waals surface area (Å²) >= 11 is 5.99. The van der Waals surface area contributed by atoms with E-state index in [2.05, 4.69) is 5.32 Å². The van der Waals surface area contributed by atoms with E-state index in [1.54, 1.807) is 25.1 Å². The average molecular weight is 588 g/mol. The van der Waals surface area contributed by atoms with Crippen molar-refractivity contribution in [2.45, 2.75) is 64.6 Å². The topological polar surface area (TPSA) is 86.8 Å². The van der Waals surface area contributed by atoms with Gasteiger partial charge in [-0.15, -0.1) is 0 Å². The predicted octanol–water partition coefficient (Wildman–Crippen LogP) is 5.62. The number of benzene rings is 3. The first-order chi connectivity index (χ1) is 18.6. The number of aryl methyl sites for hydroxylation is 2. The minimum atomic E-state index is -4.21. The predicted molar refractivity (Wildman–Crippen MR) is 156 cm³/mol. The fourth-order valence-corrected chi connectivity index (χ4v) is 5.52. The number of sulfonamides is 1. The number of carbonyl (C=O) groups is 2. The smallest absolute Gasteiger partial charge is 0.264 e. The molecule has 214 valence electrons. The molecule has 0 radical (unpaired) electrons. The summed E-state index contributed by atoms with van der Waals surface area (Å²) in [4.78, 5) is 28.3. The van der Waals surface area contributed by atoms with E-state index >= 15 is 0 Å². The summed E-state index contributed by atoms with van der Waals surface area (Å²) in [5.74, 6) is -1.44. The fraction of sp³-hybridized carbons (Fsp3) is 0.333. The van der Waals surface area contributed by atoms with E-state index in [1.165, 1.54) is 53.4 Å². The molecule has 0 aromatic heterocycles. The molecule has 0 fully saturated rings. The third kappa shape index (κ3) is 7.82. The molecule has 40 heavy (non-hydrogen) atoms. The summed E-state index contributed by atoms with van der Waals surface area (Å²) in [6, 6.07) is 15.5. The van der Waals surface area contributed by atoms with Gasteiger partial charge in [0.2, 0.25) is 11.8 Å². The second kappa shape index (κ2) is 12.4. The molecule has 0 aliphatic heterocycles. The van der Waals surface area contributed by atoms with Gasteiger partial charge in [-0.2, -0.15) is 0 Å². The molecule has 10 heteroatoms. The monoisotopic (exact) mass is 587 g/mol. The van der Waals surface area contributed by atoms with Crippen LogP contribution in [-0.2, 0) is 26.2 Å². The van der Waals surface area contributed by atoms with Crippen LogP contribution in [-0.4, -0.2) is 43.3 Å². The van der Waals surface area contributed by atoms with Gasteiger partial charge in [-0.25, -0.2) is 12.8 Å². The van der Waals surface area contributed by atoms with Crippen LogP contribution >= 0.6 is 11.6 Å². The van der Waals surface area contributed by atoms with Gasteiger partial charge in [0.1, 0.15) is 18.4 Å². The second-order valence-electron chi connectivity index (χ2n) is 10.8. The zero-order valence-electron chi connectivity index (χ0n) is 23.5. The highest BCUT2D eigenvalue weighted by Gasteiger charge is 2.33. The lowest BCUT2D eigenvalue weighted by Gasteiger charge is -2.33. The van der Waals surface area contributed by atoms with E-state index < -0.39 is 45.8 Å². The zero-order chi connectivity index (χ0) is 29.8. The molecule has 0 saturated heterocycles. The van der Waals surface area contributed by atoms with Crippen LogP contribution in [0.5, 0.6) is 0 Å². The first kappa shape index (κ1) is 31.1. The number of amides is 2. The Morgan fingerprint density at radius 2 is 1.55 bits per heavy atom. The molecule has 3 aromatic carbocycles. The standard InChI is InChI=1S/C30H35ClFN3O4S/c1-20-7-14-26(17-21(20)2)35(40(38,39)27-15-10-24(31)11-16-27)19-28(36)34(18-23-8-12-25(32)13-9-23)22(3)29(37)33-30(4,5)6/h7-17,22H,18-19H2,1-6H3,(H,33,37). The average Bonchev–Trinajstić information content (AvgIpc) is 2.87. The van der Waals surface area contributed by atoms with Crippen molar-refractivity contribution in [3.63, 3.8) is 0 Å². The van der Waals surface area contributed by atoms with Gasteiger partial charge in [-0.1, -0.05) is 29.8 Å². The number of anilines is 1. The SMILES string of the molecule is Cc1ccc(N(CC(=O)N(Cc2ccc(F)cc2)C(C)C(=O)NC(C)(C)C)S(=O)(=O)c2ccc(Cl)cc2)cc1C. The number of nitrogens with zero attached hydrogens (tertiary/aromatic N) is 2. The van der Waals surface area contributed by atoms with Crippen molar-refractivity contribution in [2.24, 2.45) is 0 Å². The van der Waals surface area contributed by atoms with Crippen LogP contribution in [0.4, 0.5) is 10.1 Å². The molecule has 0 spiro atoms. The van der Waals surface area contributed by atoms with Crippen LogP contribution in [0.1, 0.15) is 44.4 Å². The molecule has 0 aliphatic rings. The molecule has 0 heterocycles. The van der Waals surface area contributed by atoms with Crippen LogP contribution in [0.2, 0.25) is 5.02 Å². The maximum Gasteiger partial charge on any atom is 0.264 e. The summed E-state index contributed by atoms with van der Waals surface area (Å²) in [6.07, 6.45) is 0. The fourth-order valence-electron chi connectivity index (χ4n) is 3.99. The molecule has 3 aromatic rings. The summed E-state index contributed by atoms with van der Waals surface area (Å²) < 4.78 is 42.4. The Balaban J connectivity index is 2.06. The van der Waals surface area contributed by atoms with Gasteiger partial charge in [0.05, 0.1) is 10.6 Å². The van der Waals surface area contributed by atoms with Crippen molar-refractivity contribution < 1.29 is 22.4 Å². The quantitative estimate of drug-likeness (QED) is 0.352. The van der Waals surface area contributed by atoms with E-state index in [0.717, 1.165) is 15.4 Å². The van der Waals surface area contributed by atoms with Crippen molar-refractivity contribution in [1.82, 2.24) is 10.2 Å². The minimum Gasteiger partial charge on any atom is -0.350 e. The Labute approximate surface area is 241 Å². The van der Waals surface area contributed by atoms with E-state index in [9.17, 15) is 22.4 Å². The Kier molecular flexibility index (Phi) is 9.64. The number of halogens is 2. The Hall–Kier alpha value is -3.43. The number of carbonyl (C=O) groups excluding carboxylic acids is 2. The molecular formula is C30H35ClFN3O4S. The largest absolute Gasteiger partial charge is 0.350 e. The number of nitrogens with one attached hydrogen (secondary N) is 1. The minimum absolute atomic E-state index is 0.0282. The third-order valence-electron chi connectivity index (χ3n) is 6.39. The van der Waals surface area contributed by atoms with Crippen LogP contribution in [0.15, 0.2) is 71.6 Å². The van der Waals surface area contributed by atoms with Gasteiger partial charge in [0.15, 0.2) is 0 Å². The lowest BCUT2D eigenvalue weighted by Crippen LogP contribution is -2.54. The Morgan fingerprint density at radius 3 is 2.10 bits per heavy atom. The number of hydrogen-bond donors (Lipinski definition) is 1. The zero-order valence-corrected chi connectivity index (χ0v) is 25.1. The molecule has 7 nitrogen and oxygen atoms in total. The van der Waals surface area contributed by atoms with Crippen LogP contribution in [0.3, 0.4) is 0 Å². The summed E-state index contributed by atoms with van der Waals surface area (Å²) in [5, 5.41) is 3.24. The van der Waals surface area contributed by atoms with Crippen molar-refractivity contribution >= 4 is 39.1 Å². The maximum absolute atomic E-state index is 13.9. The summed E-state index contributed by atoms with van der Waals surface area (Å²) in [5.41, 5.74) is 2.15. The van der Waals surface area contributed by atoms with Crippen molar-refractivity contribution in [2.75, 3.05) is 10.8 Å². The van der Waals surface area contributed by atoms with E-state index in [-0.39, 0.29) is 11.4 Å². The van der Waals surface area contributed by atoms with Gasteiger partial charge in [0, 0.05) is 17.1 Å². The van der Waals surface area contributed by atoms with Gasteiger partial charge >= 0.3 is 0 Å². The Bertz CT molecular complexity index is 1470. The molecule has 0 aliphatic carbocycles. The van der Waals surface area contributed by atoms with E-state index in [0.29, 0.717) is 16.3 Å². The van der Waals surface area contributed by atoms with Crippen molar-refractivity contribution in [1.29, 1.82) is 0 Å². The molecule has 2 amide bonds. The lowest BCUT2D eigenvalue weighted by atomic mass is 10.1. The Morgan fingerprint density at radius 1 is 0.950 bits per heavy atom. The van der Waals surface area contributed by atoms with Crippen molar-refractivity contribution in [3.05, 3.63) is 94.3 Å². The lowest BCUT2D eigenvalue weighted by molar-refractivity contribution is -0.140. The van der Waals surface area contributed by atoms with Gasteiger partial charge in [-0.3, -0.25) is 13.9 Å². The second-order valence-corrected chi connectivity index (χ2v) is 13.1. The summed E-state index contributed by atoms with van der Waals surface area (Å²) in [7, 11) is -4.21. The van der Waals surface area contributed by atoms with Gasteiger partial charge in [-0.05, 0) is 107 Å². The van der Waals surface area contributed by atoms with Crippen LogP contribution in [0.25, 0.3) is 0 Å². The molecule has 1 N–H and O–H groups in total. The molecule has 3 rings (SSSR count). The van der Waals surface area contributed by atoms with Crippen LogP contribution in [0, 0.1) is 19.7 Å². The highest BCUT2D eigenvalue weighted by atomic mass is 35.5. The first-order valence-electron chi connectivity index (χ1n) is 12.8. The van der Waals surface area contributed by atoms with Crippen molar-refractivity contribution in [3.8, 4) is 0 Å². The first-order valence-corrected chi connectivity index (χ1v) is 14.6. The number of rotatable bonds is 9. The molecule has 0 saturated carbocycles. The highest BCUT2D eigenvalue weighted by Crippen LogP contribution is 2.27. The molecule has 1 atom stereocenters. The molecule has 1 unspecified atom stereocenters. The molecule has 0 bridgehead atoms. The van der Waals surface area contributed by atoms with Crippen LogP contribution < -0.4 is 9.62 Å². The van der Waals surface area contributed by atoms with Gasteiger partial charge in [0.25, 0.3) is 10.0 Å². The van der Waals surface area contributed by atoms with E-state index in [1.807, 2.05) is 34.6 Å². The number of hydrogen-bond acceptors (Lipinski definition) is 4. The van der Waals surface area contributed by atoms with Gasteiger partial charge < -0.3 is 10.2 Å². The van der Waals surface area contributed by atoms with E-state index in [4.69, 9.17) is 11.6 Å². The highest BCUT2D eigenvalue weighted by molar-refractivity contribution is 7.92. The third-order valence-corrected chi connectivity index (χ3v) is 8.43. The normalized spacial score (nSPS) is 12.5. The molecular weight excluding hydrogens is 553 g/mol.